The lowest BCUT2D eigenvalue weighted by molar-refractivity contribution is -0.129. The standard InChI is InChI=1S/C22H27FN4O/c23-20-5-1-2-6-21(20)26-13-15-27(16-14-26)22(28)17-24-18-7-9-19(10-8-18)25-11-3-4-12-25/h1-2,5-10,24H,3-4,11-17H2. The number of nitrogens with one attached hydrogen (secondary N) is 1. The number of nitrogens with zero attached hydrogens (tertiary/aromatic N) is 3. The second kappa shape index (κ2) is 8.50. The van der Waals surface area contributed by atoms with E-state index in [1.807, 2.05) is 28.0 Å². The van der Waals surface area contributed by atoms with Gasteiger partial charge >= 0.3 is 0 Å². The van der Waals surface area contributed by atoms with Crippen LogP contribution in [0.15, 0.2) is 48.5 Å². The molecule has 0 spiro atoms. The SMILES string of the molecule is O=C(CNc1ccc(N2CCCC2)cc1)N1CCN(c2ccccc2F)CC1. The molecule has 2 aromatic rings. The van der Waals surface area contributed by atoms with Crippen molar-refractivity contribution in [2.24, 2.45) is 0 Å². The molecular weight excluding hydrogens is 355 g/mol. The molecule has 2 saturated heterocycles. The maximum absolute atomic E-state index is 13.9. The van der Waals surface area contributed by atoms with E-state index in [1.165, 1.54) is 24.6 Å². The molecule has 0 unspecified atom stereocenters. The summed E-state index contributed by atoms with van der Waals surface area (Å²) in [6.07, 6.45) is 2.53. The third-order valence-corrected chi connectivity index (χ3v) is 5.61. The van der Waals surface area contributed by atoms with Gasteiger partial charge in [0.25, 0.3) is 0 Å². The first-order valence-corrected chi connectivity index (χ1v) is 10.1. The highest BCUT2D eigenvalue weighted by Crippen LogP contribution is 2.22. The predicted octanol–water partition coefficient (Wildman–Crippen LogP) is 3.19. The van der Waals surface area contributed by atoms with E-state index in [2.05, 4.69) is 22.3 Å². The van der Waals surface area contributed by atoms with E-state index in [1.54, 1.807) is 12.1 Å². The van der Waals surface area contributed by atoms with Gasteiger partial charge in [-0.1, -0.05) is 12.1 Å². The van der Waals surface area contributed by atoms with Gasteiger partial charge in [0.2, 0.25) is 5.91 Å². The lowest BCUT2D eigenvalue weighted by Gasteiger charge is -2.36. The van der Waals surface area contributed by atoms with E-state index in [0.29, 0.717) is 31.9 Å². The minimum atomic E-state index is -0.207. The Balaban J connectivity index is 1.25. The van der Waals surface area contributed by atoms with Crippen molar-refractivity contribution in [2.75, 3.05) is 60.9 Å². The zero-order valence-electron chi connectivity index (χ0n) is 16.1. The normalized spacial score (nSPS) is 17.1. The summed E-state index contributed by atoms with van der Waals surface area (Å²) < 4.78 is 13.9. The zero-order chi connectivity index (χ0) is 19.3. The Morgan fingerprint density at radius 2 is 1.54 bits per heavy atom. The van der Waals surface area contributed by atoms with Crippen LogP contribution in [-0.2, 0) is 4.79 Å². The highest BCUT2D eigenvalue weighted by atomic mass is 19.1. The molecule has 148 valence electrons. The average Bonchev–Trinajstić information content (AvgIpc) is 3.28. The monoisotopic (exact) mass is 382 g/mol. The Kier molecular flexibility index (Phi) is 5.65. The van der Waals surface area contributed by atoms with Crippen LogP contribution in [-0.4, -0.2) is 56.6 Å². The van der Waals surface area contributed by atoms with E-state index in [9.17, 15) is 9.18 Å². The lowest BCUT2D eigenvalue weighted by atomic mass is 10.2. The molecule has 5 nitrogen and oxygen atoms in total. The highest BCUT2D eigenvalue weighted by molar-refractivity contribution is 5.81. The number of carbonyl (C=O) groups excluding carboxylic acids is 1. The Bertz CT molecular complexity index is 796. The maximum Gasteiger partial charge on any atom is 0.241 e. The molecule has 1 amide bonds. The van der Waals surface area contributed by atoms with Crippen molar-refractivity contribution in [1.82, 2.24) is 4.90 Å². The molecule has 1 N–H and O–H groups in total. The minimum absolute atomic E-state index is 0.0804. The number of carbonyl (C=O) groups is 1. The third kappa shape index (κ3) is 4.21. The fraction of sp³-hybridized carbons (Fsp3) is 0.409. The van der Waals surface area contributed by atoms with E-state index in [0.717, 1.165) is 18.8 Å². The molecule has 0 bridgehead atoms. The van der Waals surface area contributed by atoms with Crippen molar-refractivity contribution in [3.63, 3.8) is 0 Å². The summed E-state index contributed by atoms with van der Waals surface area (Å²) in [5.74, 6) is -0.127. The van der Waals surface area contributed by atoms with Crippen LogP contribution in [0.4, 0.5) is 21.5 Å². The number of piperazine rings is 1. The van der Waals surface area contributed by atoms with Gasteiger partial charge in [0.05, 0.1) is 12.2 Å². The fourth-order valence-electron chi connectivity index (χ4n) is 3.96. The first-order chi connectivity index (χ1) is 13.7. The van der Waals surface area contributed by atoms with Gasteiger partial charge in [0.15, 0.2) is 0 Å². The summed E-state index contributed by atoms with van der Waals surface area (Å²) in [7, 11) is 0. The van der Waals surface area contributed by atoms with Crippen LogP contribution >= 0.6 is 0 Å². The van der Waals surface area contributed by atoms with Crippen molar-refractivity contribution in [1.29, 1.82) is 0 Å². The Morgan fingerprint density at radius 3 is 2.21 bits per heavy atom. The fourth-order valence-corrected chi connectivity index (χ4v) is 3.96. The highest BCUT2D eigenvalue weighted by Gasteiger charge is 2.22. The Labute approximate surface area is 165 Å². The number of para-hydroxylation sites is 1. The average molecular weight is 382 g/mol. The molecular formula is C22H27FN4O. The van der Waals surface area contributed by atoms with Crippen LogP contribution in [0, 0.1) is 5.82 Å². The molecule has 0 aromatic heterocycles. The van der Waals surface area contributed by atoms with Crippen LogP contribution in [0.25, 0.3) is 0 Å². The summed E-state index contributed by atoms with van der Waals surface area (Å²) in [4.78, 5) is 18.8. The molecule has 2 aliphatic heterocycles. The lowest BCUT2D eigenvalue weighted by Crippen LogP contribution is -2.50. The molecule has 0 aliphatic carbocycles. The Morgan fingerprint density at radius 1 is 0.857 bits per heavy atom. The number of hydrogen-bond donors (Lipinski definition) is 1. The summed E-state index contributed by atoms with van der Waals surface area (Å²) in [5, 5.41) is 3.23. The largest absolute Gasteiger partial charge is 0.376 e. The van der Waals surface area contributed by atoms with Crippen LogP contribution in [0.1, 0.15) is 12.8 Å². The summed E-state index contributed by atoms with van der Waals surface area (Å²) in [6, 6.07) is 15.1. The molecule has 2 fully saturated rings. The van der Waals surface area contributed by atoms with Crippen molar-refractivity contribution in [3.8, 4) is 0 Å². The van der Waals surface area contributed by atoms with Gasteiger partial charge in [0.1, 0.15) is 5.82 Å². The van der Waals surface area contributed by atoms with Crippen LogP contribution in [0.2, 0.25) is 0 Å². The Hall–Kier alpha value is -2.76. The van der Waals surface area contributed by atoms with E-state index in [4.69, 9.17) is 0 Å². The van der Waals surface area contributed by atoms with Crippen molar-refractivity contribution in [3.05, 3.63) is 54.3 Å². The quantitative estimate of drug-likeness (QED) is 0.862. The van der Waals surface area contributed by atoms with Crippen molar-refractivity contribution >= 4 is 23.0 Å². The molecule has 0 radical (unpaired) electrons. The molecule has 0 saturated carbocycles. The number of anilines is 3. The molecule has 0 atom stereocenters. The molecule has 2 aliphatic rings. The zero-order valence-corrected chi connectivity index (χ0v) is 16.1. The van der Waals surface area contributed by atoms with Crippen LogP contribution in [0.5, 0.6) is 0 Å². The van der Waals surface area contributed by atoms with Crippen LogP contribution in [0.3, 0.4) is 0 Å². The van der Waals surface area contributed by atoms with E-state index < -0.39 is 0 Å². The van der Waals surface area contributed by atoms with Gasteiger partial charge < -0.3 is 20.0 Å². The predicted molar refractivity (Wildman–Crippen MR) is 112 cm³/mol. The van der Waals surface area contributed by atoms with Gasteiger partial charge in [-0.05, 0) is 49.2 Å². The minimum Gasteiger partial charge on any atom is -0.376 e. The molecule has 2 aromatic carbocycles. The van der Waals surface area contributed by atoms with Gasteiger partial charge in [-0.2, -0.15) is 0 Å². The number of hydrogen-bond acceptors (Lipinski definition) is 4. The van der Waals surface area contributed by atoms with E-state index in [-0.39, 0.29) is 18.3 Å². The number of halogens is 1. The van der Waals surface area contributed by atoms with Crippen molar-refractivity contribution in [2.45, 2.75) is 12.8 Å². The third-order valence-electron chi connectivity index (χ3n) is 5.61. The van der Waals surface area contributed by atoms with E-state index >= 15 is 0 Å². The summed E-state index contributed by atoms with van der Waals surface area (Å²) in [6.45, 7) is 5.07. The van der Waals surface area contributed by atoms with Gasteiger partial charge in [-0.3, -0.25) is 4.79 Å². The summed E-state index contributed by atoms with van der Waals surface area (Å²) in [5.41, 5.74) is 2.82. The first-order valence-electron chi connectivity index (χ1n) is 10.1. The number of rotatable bonds is 5. The van der Waals surface area contributed by atoms with Gasteiger partial charge in [0, 0.05) is 50.6 Å². The second-order valence-corrected chi connectivity index (χ2v) is 7.41. The molecule has 6 heteroatoms. The van der Waals surface area contributed by atoms with Crippen molar-refractivity contribution < 1.29 is 9.18 Å². The van der Waals surface area contributed by atoms with Gasteiger partial charge in [-0.15, -0.1) is 0 Å². The number of amides is 1. The molecule has 4 rings (SSSR count). The maximum atomic E-state index is 13.9. The second-order valence-electron chi connectivity index (χ2n) is 7.41. The smallest absolute Gasteiger partial charge is 0.241 e. The molecule has 28 heavy (non-hydrogen) atoms. The first kappa shape index (κ1) is 18.6. The molecule has 2 heterocycles. The van der Waals surface area contributed by atoms with Gasteiger partial charge in [-0.25, -0.2) is 4.39 Å². The number of benzene rings is 2. The topological polar surface area (TPSA) is 38.8 Å². The summed E-state index contributed by atoms with van der Waals surface area (Å²) >= 11 is 0. The van der Waals surface area contributed by atoms with Crippen LogP contribution < -0.4 is 15.1 Å².